The van der Waals surface area contributed by atoms with E-state index in [2.05, 4.69) is 0 Å². The molecule has 9 heteroatoms. The fraction of sp³-hybridized carbons (Fsp3) is 0.152. The van der Waals surface area contributed by atoms with Crippen LogP contribution in [-0.4, -0.2) is 55.1 Å². The second kappa shape index (κ2) is 13.4. The maximum absolute atomic E-state index is 13.1. The summed E-state index contributed by atoms with van der Waals surface area (Å²) in [5, 5.41) is 0. The predicted molar refractivity (Wildman–Crippen MR) is 149 cm³/mol. The number of carbonyl (C=O) groups is 4. The summed E-state index contributed by atoms with van der Waals surface area (Å²) in [4.78, 5) is 51.9. The number of hydrogen-bond donors (Lipinski definition) is 0. The van der Waals surface area contributed by atoms with Crippen LogP contribution in [0.3, 0.4) is 0 Å². The lowest BCUT2D eigenvalue weighted by Crippen LogP contribution is -2.42. The van der Waals surface area contributed by atoms with E-state index in [-0.39, 0.29) is 23.3 Å². The molecule has 4 atom stereocenters. The maximum Gasteiger partial charge on any atom is 0.340 e. The van der Waals surface area contributed by atoms with E-state index in [0.717, 1.165) is 0 Å². The fourth-order valence-electron chi connectivity index (χ4n) is 4.28. The maximum atomic E-state index is 13.1. The van der Waals surface area contributed by atoms with Crippen LogP contribution in [0, 0.1) is 0 Å². The third kappa shape index (κ3) is 6.89. The molecule has 5 rings (SSSR count). The van der Waals surface area contributed by atoms with Crippen molar-refractivity contribution in [2.45, 2.75) is 24.6 Å². The van der Waals surface area contributed by atoms with Crippen molar-refractivity contribution >= 4 is 23.9 Å². The largest absolute Gasteiger partial charge is 0.459 e. The molecular weight excluding hydrogens is 540 g/mol. The lowest BCUT2D eigenvalue weighted by atomic mass is 10.1. The summed E-state index contributed by atoms with van der Waals surface area (Å²) >= 11 is 0. The van der Waals surface area contributed by atoms with Crippen LogP contribution in [0.4, 0.5) is 0 Å². The molecule has 0 spiro atoms. The van der Waals surface area contributed by atoms with Gasteiger partial charge < -0.3 is 23.7 Å². The minimum absolute atomic E-state index is 0.220. The quantitative estimate of drug-likeness (QED) is 0.207. The lowest BCUT2D eigenvalue weighted by Gasteiger charge is -2.24. The van der Waals surface area contributed by atoms with Gasteiger partial charge in [0.1, 0.15) is 12.7 Å². The SMILES string of the molecule is O=C(OC[C@H]1OC(OC(=O)c2ccccc2)[C@H](OC(=O)c2ccccc2)[C@H]1OC(=O)c1ccccc1)c1ccccc1. The van der Waals surface area contributed by atoms with Gasteiger partial charge in [-0.2, -0.15) is 0 Å². The number of benzene rings is 4. The fourth-order valence-corrected chi connectivity index (χ4v) is 4.28. The summed E-state index contributed by atoms with van der Waals surface area (Å²) in [6.07, 6.45) is -5.33. The van der Waals surface area contributed by atoms with Crippen LogP contribution in [0.2, 0.25) is 0 Å². The topological polar surface area (TPSA) is 114 Å². The van der Waals surface area contributed by atoms with Crippen molar-refractivity contribution in [3.05, 3.63) is 144 Å². The van der Waals surface area contributed by atoms with Gasteiger partial charge in [-0.15, -0.1) is 0 Å². The van der Waals surface area contributed by atoms with Gasteiger partial charge in [0, 0.05) is 0 Å². The van der Waals surface area contributed by atoms with Crippen LogP contribution in [0.1, 0.15) is 41.4 Å². The summed E-state index contributed by atoms with van der Waals surface area (Å²) in [6.45, 7) is -0.390. The Hall–Kier alpha value is -5.28. The molecule has 0 amide bonds. The zero-order valence-corrected chi connectivity index (χ0v) is 22.2. The number of carbonyl (C=O) groups excluding carboxylic acids is 4. The van der Waals surface area contributed by atoms with Crippen molar-refractivity contribution in [1.82, 2.24) is 0 Å². The van der Waals surface area contributed by atoms with Gasteiger partial charge in [0.2, 0.25) is 12.4 Å². The van der Waals surface area contributed by atoms with Crippen molar-refractivity contribution in [3.63, 3.8) is 0 Å². The standard InChI is InChI=1S/C33H26O9/c34-29(22-13-5-1-6-14-22)38-21-26-27(40-30(35)23-15-7-2-8-16-23)28(41-31(36)24-17-9-3-10-18-24)33(39-26)42-32(37)25-19-11-4-12-20-25/h1-20,26-28,33H,21H2/t26-,27+,28-,33?/m1/s1. The third-order valence-electron chi connectivity index (χ3n) is 6.39. The number of ether oxygens (including phenoxy) is 5. The van der Waals surface area contributed by atoms with Gasteiger partial charge in [-0.25, -0.2) is 19.2 Å². The van der Waals surface area contributed by atoms with E-state index in [4.69, 9.17) is 23.7 Å². The van der Waals surface area contributed by atoms with Crippen LogP contribution in [0.5, 0.6) is 0 Å². The Labute approximate surface area is 241 Å². The van der Waals surface area contributed by atoms with Crippen molar-refractivity contribution in [2.24, 2.45) is 0 Å². The van der Waals surface area contributed by atoms with Crippen LogP contribution in [0.25, 0.3) is 0 Å². The molecule has 1 unspecified atom stereocenters. The first-order valence-corrected chi connectivity index (χ1v) is 13.2. The van der Waals surface area contributed by atoms with E-state index < -0.39 is 48.5 Å². The van der Waals surface area contributed by atoms with Gasteiger partial charge >= 0.3 is 23.9 Å². The van der Waals surface area contributed by atoms with Crippen molar-refractivity contribution < 1.29 is 42.9 Å². The molecule has 4 aromatic rings. The summed E-state index contributed by atoms with van der Waals surface area (Å²) in [5.41, 5.74) is 0.978. The van der Waals surface area contributed by atoms with E-state index in [0.29, 0.717) is 5.56 Å². The van der Waals surface area contributed by atoms with Gasteiger partial charge in [0.05, 0.1) is 22.3 Å². The van der Waals surface area contributed by atoms with Crippen molar-refractivity contribution in [2.75, 3.05) is 6.61 Å². The smallest absolute Gasteiger partial charge is 0.340 e. The molecule has 1 fully saturated rings. The highest BCUT2D eigenvalue weighted by atomic mass is 16.8. The number of hydrogen-bond acceptors (Lipinski definition) is 9. The molecule has 1 aliphatic rings. The van der Waals surface area contributed by atoms with E-state index >= 15 is 0 Å². The number of rotatable bonds is 9. The first-order valence-electron chi connectivity index (χ1n) is 13.2. The molecule has 0 bridgehead atoms. The molecule has 212 valence electrons. The minimum Gasteiger partial charge on any atom is -0.459 e. The zero-order chi connectivity index (χ0) is 29.3. The molecule has 0 aromatic heterocycles. The Bertz CT molecular complexity index is 1510. The average molecular weight is 567 g/mol. The highest BCUT2D eigenvalue weighted by molar-refractivity contribution is 5.91. The molecule has 0 saturated carbocycles. The molecule has 1 heterocycles. The molecule has 1 saturated heterocycles. The lowest BCUT2D eigenvalue weighted by molar-refractivity contribution is -0.141. The molecule has 9 nitrogen and oxygen atoms in total. The second-order valence-corrected chi connectivity index (χ2v) is 9.25. The van der Waals surface area contributed by atoms with Gasteiger partial charge in [-0.05, 0) is 48.5 Å². The minimum atomic E-state index is -1.49. The summed E-state index contributed by atoms with van der Waals surface area (Å²) in [5.74, 6) is -2.89. The van der Waals surface area contributed by atoms with Crippen LogP contribution in [-0.2, 0) is 23.7 Å². The van der Waals surface area contributed by atoms with Crippen LogP contribution >= 0.6 is 0 Å². The normalized spacial score (nSPS) is 19.3. The molecule has 0 N–H and O–H groups in total. The molecule has 4 aromatic carbocycles. The van der Waals surface area contributed by atoms with Gasteiger partial charge in [-0.1, -0.05) is 72.8 Å². The van der Waals surface area contributed by atoms with Gasteiger partial charge in [-0.3, -0.25) is 0 Å². The van der Waals surface area contributed by atoms with E-state index in [1.807, 2.05) is 0 Å². The summed E-state index contributed by atoms with van der Waals surface area (Å²) in [7, 11) is 0. The molecule has 0 aliphatic carbocycles. The summed E-state index contributed by atoms with van der Waals surface area (Å²) < 4.78 is 28.6. The first kappa shape index (κ1) is 28.3. The highest BCUT2D eigenvalue weighted by Gasteiger charge is 2.52. The van der Waals surface area contributed by atoms with Gasteiger partial charge in [0.25, 0.3) is 0 Å². The highest BCUT2D eigenvalue weighted by Crippen LogP contribution is 2.30. The number of esters is 4. The Morgan fingerprint density at radius 2 is 0.833 bits per heavy atom. The van der Waals surface area contributed by atoms with E-state index in [1.54, 1.807) is 121 Å². The van der Waals surface area contributed by atoms with Crippen molar-refractivity contribution in [3.8, 4) is 0 Å². The molecule has 0 radical (unpaired) electrons. The van der Waals surface area contributed by atoms with Gasteiger partial charge in [0.15, 0.2) is 6.10 Å². The zero-order valence-electron chi connectivity index (χ0n) is 22.2. The van der Waals surface area contributed by atoms with Crippen LogP contribution < -0.4 is 0 Å². The molecule has 1 aliphatic heterocycles. The predicted octanol–water partition coefficient (Wildman–Crippen LogP) is 4.88. The second-order valence-electron chi connectivity index (χ2n) is 9.25. The Morgan fingerprint density at radius 1 is 0.476 bits per heavy atom. The average Bonchev–Trinajstić information content (AvgIpc) is 3.35. The van der Waals surface area contributed by atoms with E-state index in [1.165, 1.54) is 0 Å². The van der Waals surface area contributed by atoms with Crippen LogP contribution in [0.15, 0.2) is 121 Å². The molecule has 42 heavy (non-hydrogen) atoms. The van der Waals surface area contributed by atoms with Crippen molar-refractivity contribution in [1.29, 1.82) is 0 Å². The monoisotopic (exact) mass is 566 g/mol. The Morgan fingerprint density at radius 3 is 1.26 bits per heavy atom. The first-order chi connectivity index (χ1) is 20.5. The summed E-state index contributed by atoms with van der Waals surface area (Å²) in [6, 6.07) is 32.8. The van der Waals surface area contributed by atoms with E-state index in [9.17, 15) is 19.2 Å². The Kier molecular flexibility index (Phi) is 9.00. The molecular formula is C33H26O9. The third-order valence-corrected chi connectivity index (χ3v) is 6.39. The Balaban J connectivity index is 1.43.